The fourth-order valence-corrected chi connectivity index (χ4v) is 3.30. The van der Waals surface area contributed by atoms with Crippen molar-refractivity contribution in [3.63, 3.8) is 0 Å². The van der Waals surface area contributed by atoms with Gasteiger partial charge in [0.25, 0.3) is 11.6 Å². The second-order valence-corrected chi connectivity index (χ2v) is 6.96. The normalized spacial score (nSPS) is 10.6. The summed E-state index contributed by atoms with van der Waals surface area (Å²) >= 11 is 1.36. The van der Waals surface area contributed by atoms with Gasteiger partial charge in [0.2, 0.25) is 0 Å². The van der Waals surface area contributed by atoms with E-state index in [1.165, 1.54) is 37.7 Å². The molecule has 0 aliphatic carbocycles. The zero-order valence-electron chi connectivity index (χ0n) is 17.2. The van der Waals surface area contributed by atoms with Crippen molar-refractivity contribution in [2.45, 2.75) is 13.2 Å². The van der Waals surface area contributed by atoms with Crippen molar-refractivity contribution in [3.8, 4) is 23.0 Å². The van der Waals surface area contributed by atoms with E-state index < -0.39 is 23.1 Å². The molecule has 1 amide bonds. The zero-order chi connectivity index (χ0) is 24.0. The lowest BCUT2D eigenvalue weighted by Crippen LogP contribution is -2.15. The minimum Gasteiger partial charge on any atom is -0.493 e. The Hall–Kier alpha value is -4.00. The Morgan fingerprint density at radius 1 is 1.15 bits per heavy atom. The van der Waals surface area contributed by atoms with Crippen LogP contribution in [0.15, 0.2) is 41.2 Å². The third kappa shape index (κ3) is 5.83. The van der Waals surface area contributed by atoms with Crippen molar-refractivity contribution in [3.05, 3.63) is 62.6 Å². The van der Waals surface area contributed by atoms with Gasteiger partial charge in [-0.3, -0.25) is 14.9 Å². The number of nitrogens with one attached hydrogen (secondary N) is 1. The van der Waals surface area contributed by atoms with E-state index in [4.69, 9.17) is 14.2 Å². The molecule has 0 saturated carbocycles. The number of alkyl halides is 2. The smallest absolute Gasteiger partial charge is 0.387 e. The summed E-state index contributed by atoms with van der Waals surface area (Å²) in [6, 6.07) is 6.00. The molecule has 3 rings (SSSR count). The lowest BCUT2D eigenvalue weighted by atomic mass is 10.1. The van der Waals surface area contributed by atoms with Crippen molar-refractivity contribution in [1.82, 2.24) is 4.98 Å². The van der Waals surface area contributed by atoms with E-state index in [2.05, 4.69) is 15.0 Å². The summed E-state index contributed by atoms with van der Waals surface area (Å²) in [6.45, 7) is -3.08. The Labute approximate surface area is 189 Å². The van der Waals surface area contributed by atoms with E-state index in [0.29, 0.717) is 5.69 Å². The first kappa shape index (κ1) is 23.7. The van der Waals surface area contributed by atoms with E-state index in [1.807, 2.05) is 0 Å². The van der Waals surface area contributed by atoms with Gasteiger partial charge in [0, 0.05) is 23.2 Å². The molecule has 0 bridgehead atoms. The van der Waals surface area contributed by atoms with Crippen LogP contribution in [0.3, 0.4) is 0 Å². The highest BCUT2D eigenvalue weighted by Gasteiger charge is 2.25. The molecule has 1 N–H and O–H groups in total. The number of nitro groups is 1. The molecule has 0 radical (unpaired) electrons. The molecule has 2 aromatic carbocycles. The number of benzene rings is 2. The highest BCUT2D eigenvalue weighted by molar-refractivity contribution is 7.07. The van der Waals surface area contributed by atoms with Crippen LogP contribution in [0, 0.1) is 10.1 Å². The minimum absolute atomic E-state index is 0.0163. The summed E-state index contributed by atoms with van der Waals surface area (Å²) in [7, 11) is 2.58. The summed E-state index contributed by atoms with van der Waals surface area (Å²) in [4.78, 5) is 27.7. The van der Waals surface area contributed by atoms with Gasteiger partial charge < -0.3 is 24.3 Å². The van der Waals surface area contributed by atoms with Crippen LogP contribution in [0.1, 0.15) is 16.1 Å². The van der Waals surface area contributed by atoms with Gasteiger partial charge in [0.1, 0.15) is 12.2 Å². The Bertz CT molecular complexity index is 1140. The number of hydrogen-bond donors (Lipinski definition) is 1. The van der Waals surface area contributed by atoms with Crippen LogP contribution in [0.4, 0.5) is 20.2 Å². The van der Waals surface area contributed by atoms with Gasteiger partial charge in [-0.2, -0.15) is 8.78 Å². The fraction of sp³-hybridized carbons (Fsp3) is 0.200. The SMILES string of the molecule is COc1cc(C(=O)Nc2ccc(OC)c(OC(F)F)c2)c([N+](=O)[O-])cc1OCc1cscn1. The number of nitro benzene ring substituents is 1. The predicted molar refractivity (Wildman–Crippen MR) is 114 cm³/mol. The molecule has 0 aliphatic rings. The van der Waals surface area contributed by atoms with E-state index in [0.717, 1.165) is 18.2 Å². The van der Waals surface area contributed by atoms with Crippen LogP contribution in [0.25, 0.3) is 0 Å². The molecule has 174 valence electrons. The standard InChI is InChI=1S/C20H17F2N3O7S/c1-29-15-4-3-11(5-18(15)32-20(21)22)24-19(26)13-6-16(30-2)17(7-14(13)25(27)28)31-8-12-9-33-10-23-12/h3-7,9-10,20H,8H2,1-2H3,(H,24,26). The molecule has 1 aromatic heterocycles. The molecule has 0 aliphatic heterocycles. The fourth-order valence-electron chi connectivity index (χ4n) is 2.76. The lowest BCUT2D eigenvalue weighted by molar-refractivity contribution is -0.385. The molecule has 0 spiro atoms. The summed E-state index contributed by atoms with van der Waals surface area (Å²) in [6.07, 6.45) is 0. The Balaban J connectivity index is 1.89. The highest BCUT2D eigenvalue weighted by Crippen LogP contribution is 2.36. The van der Waals surface area contributed by atoms with Crippen LogP contribution in [-0.4, -0.2) is 36.6 Å². The molecule has 33 heavy (non-hydrogen) atoms. The van der Waals surface area contributed by atoms with E-state index >= 15 is 0 Å². The molecule has 13 heteroatoms. The van der Waals surface area contributed by atoms with Gasteiger partial charge >= 0.3 is 6.61 Å². The molecule has 1 heterocycles. The number of carbonyl (C=O) groups is 1. The van der Waals surface area contributed by atoms with Crippen molar-refractivity contribution >= 4 is 28.6 Å². The summed E-state index contributed by atoms with van der Waals surface area (Å²) in [5, 5.41) is 15.8. The van der Waals surface area contributed by atoms with Gasteiger partial charge in [-0.05, 0) is 12.1 Å². The topological polar surface area (TPSA) is 122 Å². The molecular weight excluding hydrogens is 464 g/mol. The van der Waals surface area contributed by atoms with Gasteiger partial charge in [0.05, 0.1) is 36.4 Å². The average Bonchev–Trinajstić information content (AvgIpc) is 3.30. The van der Waals surface area contributed by atoms with Crippen molar-refractivity contribution in [2.75, 3.05) is 19.5 Å². The zero-order valence-corrected chi connectivity index (χ0v) is 18.1. The first-order valence-corrected chi connectivity index (χ1v) is 10.1. The van der Waals surface area contributed by atoms with E-state index in [9.17, 15) is 23.7 Å². The van der Waals surface area contributed by atoms with Crippen molar-refractivity contribution in [1.29, 1.82) is 0 Å². The number of rotatable bonds is 10. The summed E-state index contributed by atoms with van der Waals surface area (Å²) in [5.41, 5.74) is 1.41. The number of amides is 1. The number of hydrogen-bond acceptors (Lipinski definition) is 9. The maximum absolute atomic E-state index is 12.8. The van der Waals surface area contributed by atoms with Crippen molar-refractivity contribution < 1.29 is 37.4 Å². The van der Waals surface area contributed by atoms with E-state index in [1.54, 1.807) is 10.9 Å². The number of anilines is 1. The Morgan fingerprint density at radius 2 is 1.91 bits per heavy atom. The monoisotopic (exact) mass is 481 g/mol. The van der Waals surface area contributed by atoms with Gasteiger partial charge in [-0.1, -0.05) is 0 Å². The lowest BCUT2D eigenvalue weighted by Gasteiger charge is -2.14. The molecule has 0 atom stereocenters. The van der Waals surface area contributed by atoms with Crippen LogP contribution in [-0.2, 0) is 6.61 Å². The second-order valence-electron chi connectivity index (χ2n) is 6.24. The molecular formula is C20H17F2N3O7S. The minimum atomic E-state index is -3.12. The predicted octanol–water partition coefficient (Wildman–Crippen LogP) is 4.50. The number of halogens is 2. The average molecular weight is 481 g/mol. The number of aromatic nitrogens is 1. The molecule has 0 unspecified atom stereocenters. The molecule has 0 fully saturated rings. The molecule has 3 aromatic rings. The highest BCUT2D eigenvalue weighted by atomic mass is 32.1. The van der Waals surface area contributed by atoms with Crippen LogP contribution >= 0.6 is 11.3 Å². The number of ether oxygens (including phenoxy) is 4. The molecule has 10 nitrogen and oxygen atoms in total. The first-order chi connectivity index (χ1) is 15.8. The van der Waals surface area contributed by atoms with E-state index in [-0.39, 0.29) is 40.9 Å². The number of methoxy groups -OCH3 is 2. The Morgan fingerprint density at radius 3 is 2.52 bits per heavy atom. The van der Waals surface area contributed by atoms with Crippen LogP contribution < -0.4 is 24.3 Å². The summed E-state index contributed by atoms with van der Waals surface area (Å²) in [5.74, 6) is -1.05. The number of carbonyl (C=O) groups excluding carboxylic acids is 1. The van der Waals surface area contributed by atoms with Gasteiger partial charge in [-0.25, -0.2) is 4.98 Å². The molecule has 0 saturated heterocycles. The third-order valence-corrected chi connectivity index (χ3v) is 4.86. The van der Waals surface area contributed by atoms with Crippen LogP contribution in [0.5, 0.6) is 23.0 Å². The first-order valence-electron chi connectivity index (χ1n) is 9.12. The van der Waals surface area contributed by atoms with Crippen molar-refractivity contribution in [2.24, 2.45) is 0 Å². The quantitative estimate of drug-likeness (QED) is 0.332. The van der Waals surface area contributed by atoms with Gasteiger partial charge in [-0.15, -0.1) is 11.3 Å². The number of nitrogens with zero attached hydrogens (tertiary/aromatic N) is 2. The Kier molecular flexibility index (Phi) is 7.56. The largest absolute Gasteiger partial charge is 0.493 e. The van der Waals surface area contributed by atoms with Gasteiger partial charge in [0.15, 0.2) is 23.0 Å². The van der Waals surface area contributed by atoms with Crippen LogP contribution in [0.2, 0.25) is 0 Å². The maximum Gasteiger partial charge on any atom is 0.387 e. The third-order valence-electron chi connectivity index (χ3n) is 4.22. The number of thiazole rings is 1. The summed E-state index contributed by atoms with van der Waals surface area (Å²) < 4.78 is 45.4. The maximum atomic E-state index is 12.8. The second kappa shape index (κ2) is 10.5.